The second-order valence-electron chi connectivity index (χ2n) is 4.80. The van der Waals surface area contributed by atoms with Crippen LogP contribution in [0, 0.1) is 0 Å². The zero-order valence-electron chi connectivity index (χ0n) is 13.2. The Morgan fingerprint density at radius 1 is 1.41 bits per heavy atom. The van der Waals surface area contributed by atoms with Gasteiger partial charge in [0.2, 0.25) is 0 Å². The van der Waals surface area contributed by atoms with Crippen molar-refractivity contribution in [1.29, 1.82) is 0 Å². The van der Waals surface area contributed by atoms with Gasteiger partial charge >= 0.3 is 0 Å². The summed E-state index contributed by atoms with van der Waals surface area (Å²) in [6.07, 6.45) is 5.39. The quantitative estimate of drug-likeness (QED) is 0.757. The molecule has 0 aliphatic carbocycles. The second kappa shape index (κ2) is 8.05. The number of amides is 1. The molecule has 2 rings (SSSR count). The van der Waals surface area contributed by atoms with Crippen LogP contribution in [0.15, 0.2) is 34.0 Å². The normalized spacial score (nSPS) is 11.1. The monoisotopic (exact) mass is 322 g/mol. The third-order valence-corrected chi connectivity index (χ3v) is 4.06. The lowest BCUT2D eigenvalue weighted by molar-refractivity contribution is 0.0992. The maximum Gasteiger partial charge on any atom is 0.291 e. The van der Waals surface area contributed by atoms with Crippen LogP contribution in [0.5, 0.6) is 0 Å². The third kappa shape index (κ3) is 4.38. The lowest BCUT2D eigenvalue weighted by atomic mass is 10.4. The van der Waals surface area contributed by atoms with E-state index in [0.29, 0.717) is 11.4 Å². The molecule has 2 heterocycles. The smallest absolute Gasteiger partial charge is 0.291 e. The van der Waals surface area contributed by atoms with Gasteiger partial charge in [-0.1, -0.05) is 25.6 Å². The van der Waals surface area contributed by atoms with E-state index >= 15 is 0 Å². The van der Waals surface area contributed by atoms with Gasteiger partial charge in [-0.3, -0.25) is 9.48 Å². The molecule has 0 fully saturated rings. The van der Waals surface area contributed by atoms with E-state index in [2.05, 4.69) is 29.2 Å². The first kappa shape index (κ1) is 16.6. The van der Waals surface area contributed by atoms with E-state index in [1.807, 2.05) is 17.1 Å². The highest BCUT2D eigenvalue weighted by Gasteiger charge is 2.12. The Morgan fingerprint density at radius 3 is 2.82 bits per heavy atom. The number of carbonyl (C=O) groups excluding carboxylic acids is 1. The van der Waals surface area contributed by atoms with E-state index in [1.165, 1.54) is 11.8 Å². The SMILES string of the molecule is CCN(CC)CCn1cc(NC(=O)c2ccc(SC)o2)cn1. The van der Waals surface area contributed by atoms with Crippen molar-refractivity contribution in [2.45, 2.75) is 25.5 Å². The molecule has 0 aliphatic rings. The Labute approximate surface area is 134 Å². The van der Waals surface area contributed by atoms with E-state index in [0.717, 1.165) is 31.3 Å². The lowest BCUT2D eigenvalue weighted by Crippen LogP contribution is -2.27. The standard InChI is InChI=1S/C15H22N4O2S/c1-4-18(5-2)8-9-19-11-12(10-16-19)17-15(20)13-6-7-14(21-13)22-3/h6-7,10-11H,4-5,8-9H2,1-3H3,(H,17,20). The summed E-state index contributed by atoms with van der Waals surface area (Å²) in [6, 6.07) is 3.46. The first-order valence-electron chi connectivity index (χ1n) is 7.36. The van der Waals surface area contributed by atoms with Gasteiger partial charge in [-0.05, 0) is 31.5 Å². The van der Waals surface area contributed by atoms with E-state index in [9.17, 15) is 4.79 Å². The summed E-state index contributed by atoms with van der Waals surface area (Å²) >= 11 is 1.46. The zero-order valence-corrected chi connectivity index (χ0v) is 14.0. The highest BCUT2D eigenvalue weighted by Crippen LogP contribution is 2.19. The summed E-state index contributed by atoms with van der Waals surface area (Å²) in [5.41, 5.74) is 0.673. The predicted octanol–water partition coefficient (Wildman–Crippen LogP) is 2.79. The Kier molecular flexibility index (Phi) is 6.09. The summed E-state index contributed by atoms with van der Waals surface area (Å²) in [6.45, 7) is 8.08. The maximum atomic E-state index is 12.1. The molecule has 2 aromatic rings. The number of nitrogens with zero attached hydrogens (tertiary/aromatic N) is 3. The highest BCUT2D eigenvalue weighted by atomic mass is 32.2. The molecule has 0 spiro atoms. The van der Waals surface area contributed by atoms with Crippen molar-refractivity contribution < 1.29 is 9.21 Å². The van der Waals surface area contributed by atoms with E-state index < -0.39 is 0 Å². The van der Waals surface area contributed by atoms with Crippen LogP contribution in [-0.4, -0.2) is 46.5 Å². The van der Waals surface area contributed by atoms with Crippen LogP contribution in [0.2, 0.25) is 0 Å². The van der Waals surface area contributed by atoms with Gasteiger partial charge in [0, 0.05) is 12.7 Å². The largest absolute Gasteiger partial charge is 0.445 e. The molecular formula is C15H22N4O2S. The number of furan rings is 1. The van der Waals surface area contributed by atoms with Crippen LogP contribution in [0.25, 0.3) is 0 Å². The predicted molar refractivity (Wildman–Crippen MR) is 88.5 cm³/mol. The molecular weight excluding hydrogens is 300 g/mol. The van der Waals surface area contributed by atoms with E-state index in [-0.39, 0.29) is 5.91 Å². The summed E-state index contributed by atoms with van der Waals surface area (Å²) < 4.78 is 7.24. The molecule has 22 heavy (non-hydrogen) atoms. The van der Waals surface area contributed by atoms with Gasteiger partial charge < -0.3 is 14.6 Å². The molecule has 7 heteroatoms. The molecule has 0 bridgehead atoms. The molecule has 0 atom stereocenters. The first-order valence-corrected chi connectivity index (χ1v) is 8.58. The molecule has 1 N–H and O–H groups in total. The number of thioether (sulfide) groups is 1. The Balaban J connectivity index is 1.89. The van der Waals surface area contributed by atoms with Crippen molar-refractivity contribution in [3.05, 3.63) is 30.3 Å². The van der Waals surface area contributed by atoms with Crippen LogP contribution in [0.1, 0.15) is 24.4 Å². The summed E-state index contributed by atoms with van der Waals surface area (Å²) in [7, 11) is 0. The van der Waals surface area contributed by atoms with Crippen molar-refractivity contribution in [2.24, 2.45) is 0 Å². The van der Waals surface area contributed by atoms with Gasteiger partial charge in [0.1, 0.15) is 0 Å². The van der Waals surface area contributed by atoms with Crippen molar-refractivity contribution in [3.8, 4) is 0 Å². The molecule has 120 valence electrons. The molecule has 1 amide bonds. The van der Waals surface area contributed by atoms with Crippen LogP contribution >= 0.6 is 11.8 Å². The molecule has 0 unspecified atom stereocenters. The number of likely N-dealkylation sites (N-methyl/N-ethyl adjacent to an activating group) is 1. The number of aromatic nitrogens is 2. The number of anilines is 1. The van der Waals surface area contributed by atoms with Crippen molar-refractivity contribution >= 4 is 23.4 Å². The second-order valence-corrected chi connectivity index (χ2v) is 5.61. The van der Waals surface area contributed by atoms with Crippen LogP contribution < -0.4 is 5.32 Å². The van der Waals surface area contributed by atoms with E-state index in [1.54, 1.807) is 18.3 Å². The Hall–Kier alpha value is -1.73. The molecule has 0 aliphatic heterocycles. The molecule has 0 aromatic carbocycles. The minimum absolute atomic E-state index is 0.261. The average molecular weight is 322 g/mol. The number of rotatable bonds is 8. The van der Waals surface area contributed by atoms with Gasteiger partial charge in [0.05, 0.1) is 18.4 Å². The first-order chi connectivity index (χ1) is 10.7. The van der Waals surface area contributed by atoms with Crippen LogP contribution in [-0.2, 0) is 6.54 Å². The van der Waals surface area contributed by atoms with Crippen molar-refractivity contribution in [1.82, 2.24) is 14.7 Å². The van der Waals surface area contributed by atoms with Crippen molar-refractivity contribution in [3.63, 3.8) is 0 Å². The van der Waals surface area contributed by atoms with Gasteiger partial charge in [0.15, 0.2) is 10.9 Å². The van der Waals surface area contributed by atoms with E-state index in [4.69, 9.17) is 4.42 Å². The van der Waals surface area contributed by atoms with Gasteiger partial charge in [-0.25, -0.2) is 0 Å². The third-order valence-electron chi connectivity index (χ3n) is 3.44. The number of carbonyl (C=O) groups is 1. The van der Waals surface area contributed by atoms with Gasteiger partial charge in [0.25, 0.3) is 5.91 Å². The Morgan fingerprint density at radius 2 is 2.18 bits per heavy atom. The minimum Gasteiger partial charge on any atom is -0.445 e. The van der Waals surface area contributed by atoms with Crippen LogP contribution in [0.4, 0.5) is 5.69 Å². The summed E-state index contributed by atoms with van der Waals surface area (Å²) in [5, 5.41) is 7.78. The fourth-order valence-electron chi connectivity index (χ4n) is 2.08. The van der Waals surface area contributed by atoms with Gasteiger partial charge in [-0.15, -0.1) is 0 Å². The fraction of sp³-hybridized carbons (Fsp3) is 0.467. The fourth-order valence-corrected chi connectivity index (χ4v) is 2.46. The number of nitrogens with one attached hydrogen (secondary N) is 1. The minimum atomic E-state index is -0.261. The molecule has 6 nitrogen and oxygen atoms in total. The highest BCUT2D eigenvalue weighted by molar-refractivity contribution is 7.98. The maximum absolute atomic E-state index is 12.1. The zero-order chi connectivity index (χ0) is 15.9. The Bertz CT molecular complexity index is 604. The average Bonchev–Trinajstić information content (AvgIpc) is 3.17. The summed E-state index contributed by atoms with van der Waals surface area (Å²) in [5.74, 6) is 0.0452. The number of hydrogen-bond donors (Lipinski definition) is 1. The van der Waals surface area contributed by atoms with Crippen LogP contribution in [0.3, 0.4) is 0 Å². The summed E-state index contributed by atoms with van der Waals surface area (Å²) in [4.78, 5) is 14.4. The molecule has 0 saturated heterocycles. The van der Waals surface area contributed by atoms with Gasteiger partial charge in [-0.2, -0.15) is 5.10 Å². The molecule has 0 radical (unpaired) electrons. The molecule has 0 saturated carbocycles. The molecule has 2 aromatic heterocycles. The lowest BCUT2D eigenvalue weighted by Gasteiger charge is -2.17. The van der Waals surface area contributed by atoms with Crippen molar-refractivity contribution in [2.75, 3.05) is 31.2 Å². The topological polar surface area (TPSA) is 63.3 Å². The number of hydrogen-bond acceptors (Lipinski definition) is 5.